The van der Waals surface area contributed by atoms with Crippen LogP contribution in [0.3, 0.4) is 0 Å². The Morgan fingerprint density at radius 1 is 1.17 bits per heavy atom. The van der Waals surface area contributed by atoms with Crippen LogP contribution in [0.4, 0.5) is 5.69 Å². The standard InChI is InChI=1S/C21H18ClN5O2S/c1-13-14(2)25-21-23-12-24-27(21)20(13)30-18-6-4-3-5-17(18)26-19(28)11-29-16-9-7-15(22)8-10-16/h3-10,12H,11H2,1-2H3,(H,26,28). The van der Waals surface area contributed by atoms with E-state index in [2.05, 4.69) is 20.4 Å². The molecule has 2 heterocycles. The van der Waals surface area contributed by atoms with Gasteiger partial charge in [-0.15, -0.1) is 0 Å². The third-order valence-electron chi connectivity index (χ3n) is 4.40. The van der Waals surface area contributed by atoms with Crippen LogP contribution in [-0.4, -0.2) is 32.1 Å². The first-order valence-corrected chi connectivity index (χ1v) is 10.3. The van der Waals surface area contributed by atoms with Crippen LogP contribution in [0, 0.1) is 13.8 Å². The summed E-state index contributed by atoms with van der Waals surface area (Å²) >= 11 is 7.36. The summed E-state index contributed by atoms with van der Waals surface area (Å²) in [6.07, 6.45) is 1.48. The van der Waals surface area contributed by atoms with E-state index in [9.17, 15) is 4.79 Å². The van der Waals surface area contributed by atoms with Crippen molar-refractivity contribution in [2.24, 2.45) is 0 Å². The molecular weight excluding hydrogens is 422 g/mol. The van der Waals surface area contributed by atoms with Gasteiger partial charge in [0.25, 0.3) is 11.7 Å². The molecule has 0 aliphatic rings. The maximum atomic E-state index is 12.4. The maximum absolute atomic E-state index is 12.4. The van der Waals surface area contributed by atoms with E-state index in [1.807, 2.05) is 38.1 Å². The van der Waals surface area contributed by atoms with Gasteiger partial charge < -0.3 is 10.1 Å². The number of aryl methyl sites for hydroxylation is 1. The second-order valence-electron chi connectivity index (χ2n) is 6.49. The Morgan fingerprint density at radius 3 is 2.73 bits per heavy atom. The molecule has 9 heteroatoms. The Morgan fingerprint density at radius 2 is 1.93 bits per heavy atom. The molecule has 0 aliphatic carbocycles. The van der Waals surface area contributed by atoms with Crippen molar-refractivity contribution in [2.75, 3.05) is 11.9 Å². The minimum atomic E-state index is -0.258. The zero-order valence-electron chi connectivity index (χ0n) is 16.3. The van der Waals surface area contributed by atoms with E-state index in [-0.39, 0.29) is 12.5 Å². The molecule has 2 aromatic heterocycles. The summed E-state index contributed by atoms with van der Waals surface area (Å²) in [7, 11) is 0. The van der Waals surface area contributed by atoms with Gasteiger partial charge in [-0.25, -0.2) is 4.98 Å². The quantitative estimate of drug-likeness (QED) is 0.443. The number of anilines is 1. The molecule has 0 aliphatic heterocycles. The highest BCUT2D eigenvalue weighted by molar-refractivity contribution is 7.99. The molecule has 2 aromatic carbocycles. The van der Waals surface area contributed by atoms with Crippen molar-refractivity contribution in [3.8, 4) is 5.75 Å². The van der Waals surface area contributed by atoms with Gasteiger partial charge in [0, 0.05) is 21.2 Å². The Bertz CT molecular complexity index is 1210. The molecule has 1 amide bonds. The molecule has 0 saturated carbocycles. The lowest BCUT2D eigenvalue weighted by atomic mass is 10.3. The lowest BCUT2D eigenvalue weighted by Crippen LogP contribution is -2.20. The molecule has 0 bridgehead atoms. The predicted molar refractivity (Wildman–Crippen MR) is 116 cm³/mol. The van der Waals surface area contributed by atoms with E-state index in [0.717, 1.165) is 21.2 Å². The SMILES string of the molecule is Cc1nc2ncnn2c(Sc2ccccc2NC(=O)COc2ccc(Cl)cc2)c1C. The largest absolute Gasteiger partial charge is 0.484 e. The number of para-hydroxylation sites is 1. The number of nitrogens with one attached hydrogen (secondary N) is 1. The van der Waals surface area contributed by atoms with Crippen molar-refractivity contribution in [1.82, 2.24) is 19.6 Å². The number of hydrogen-bond acceptors (Lipinski definition) is 6. The van der Waals surface area contributed by atoms with Gasteiger partial charge in [0.2, 0.25) is 0 Å². The topological polar surface area (TPSA) is 81.4 Å². The van der Waals surface area contributed by atoms with Crippen LogP contribution in [-0.2, 0) is 4.79 Å². The van der Waals surface area contributed by atoms with Gasteiger partial charge in [-0.05, 0) is 50.2 Å². The summed E-state index contributed by atoms with van der Waals surface area (Å²) in [6, 6.07) is 14.5. The molecule has 4 rings (SSSR count). The molecule has 0 saturated heterocycles. The van der Waals surface area contributed by atoms with Gasteiger partial charge >= 0.3 is 0 Å². The first-order chi connectivity index (χ1) is 14.5. The average Bonchev–Trinajstić information content (AvgIpc) is 3.20. The smallest absolute Gasteiger partial charge is 0.262 e. The summed E-state index contributed by atoms with van der Waals surface area (Å²) in [5, 5.41) is 8.71. The second kappa shape index (κ2) is 8.73. The van der Waals surface area contributed by atoms with E-state index in [1.165, 1.54) is 18.1 Å². The monoisotopic (exact) mass is 439 g/mol. The number of nitrogens with zero attached hydrogens (tertiary/aromatic N) is 4. The zero-order chi connectivity index (χ0) is 21.1. The molecule has 0 unspecified atom stereocenters. The highest BCUT2D eigenvalue weighted by atomic mass is 35.5. The lowest BCUT2D eigenvalue weighted by Gasteiger charge is -2.14. The molecule has 0 spiro atoms. The summed E-state index contributed by atoms with van der Waals surface area (Å²) in [5.41, 5.74) is 2.58. The molecule has 30 heavy (non-hydrogen) atoms. The van der Waals surface area contributed by atoms with E-state index in [0.29, 0.717) is 22.2 Å². The molecule has 1 N–H and O–H groups in total. The number of amides is 1. The molecule has 0 atom stereocenters. The van der Waals surface area contributed by atoms with E-state index >= 15 is 0 Å². The van der Waals surface area contributed by atoms with Gasteiger partial charge in [-0.1, -0.05) is 35.5 Å². The van der Waals surface area contributed by atoms with Crippen molar-refractivity contribution in [3.05, 3.63) is 71.1 Å². The van der Waals surface area contributed by atoms with Gasteiger partial charge in [-0.2, -0.15) is 14.6 Å². The zero-order valence-corrected chi connectivity index (χ0v) is 17.9. The van der Waals surface area contributed by atoms with Gasteiger partial charge in [0.05, 0.1) is 5.69 Å². The number of halogens is 1. The Labute approximate surface area is 182 Å². The van der Waals surface area contributed by atoms with Crippen LogP contribution in [0.5, 0.6) is 5.75 Å². The van der Waals surface area contributed by atoms with Crippen molar-refractivity contribution >= 4 is 40.7 Å². The van der Waals surface area contributed by atoms with Crippen LogP contribution in [0.2, 0.25) is 5.02 Å². The van der Waals surface area contributed by atoms with Gasteiger partial charge in [-0.3, -0.25) is 4.79 Å². The van der Waals surface area contributed by atoms with Gasteiger partial charge in [0.15, 0.2) is 6.61 Å². The first kappa shape index (κ1) is 20.2. The van der Waals surface area contributed by atoms with Crippen LogP contribution in [0.15, 0.2) is 64.8 Å². The minimum Gasteiger partial charge on any atom is -0.484 e. The molecule has 152 valence electrons. The van der Waals surface area contributed by atoms with Crippen molar-refractivity contribution < 1.29 is 9.53 Å². The third kappa shape index (κ3) is 4.39. The van der Waals surface area contributed by atoms with Crippen LogP contribution >= 0.6 is 23.4 Å². The molecular formula is C21H18ClN5O2S. The Kier molecular flexibility index (Phi) is 5.87. The van der Waals surface area contributed by atoms with Crippen molar-refractivity contribution in [1.29, 1.82) is 0 Å². The van der Waals surface area contributed by atoms with E-state index in [1.54, 1.807) is 28.8 Å². The molecule has 4 aromatic rings. The number of ether oxygens (including phenoxy) is 1. The van der Waals surface area contributed by atoms with E-state index < -0.39 is 0 Å². The fourth-order valence-corrected chi connectivity index (χ4v) is 3.98. The fraction of sp³-hybridized carbons (Fsp3) is 0.143. The number of hydrogen-bond donors (Lipinski definition) is 1. The number of benzene rings is 2. The van der Waals surface area contributed by atoms with Gasteiger partial charge in [0.1, 0.15) is 17.1 Å². The van der Waals surface area contributed by atoms with Crippen LogP contribution < -0.4 is 10.1 Å². The lowest BCUT2D eigenvalue weighted by molar-refractivity contribution is -0.118. The number of rotatable bonds is 6. The van der Waals surface area contributed by atoms with Crippen LogP contribution in [0.1, 0.15) is 11.3 Å². The third-order valence-corrected chi connectivity index (χ3v) is 5.91. The molecule has 0 fully saturated rings. The van der Waals surface area contributed by atoms with Crippen LogP contribution in [0.25, 0.3) is 5.78 Å². The first-order valence-electron chi connectivity index (χ1n) is 9.13. The highest BCUT2D eigenvalue weighted by Crippen LogP contribution is 2.35. The summed E-state index contributed by atoms with van der Waals surface area (Å²) in [5.74, 6) is 0.860. The second-order valence-corrected chi connectivity index (χ2v) is 7.96. The van der Waals surface area contributed by atoms with Crippen molar-refractivity contribution in [3.63, 3.8) is 0 Å². The summed E-state index contributed by atoms with van der Waals surface area (Å²) in [4.78, 5) is 22.0. The number of carbonyl (C=O) groups is 1. The predicted octanol–water partition coefficient (Wildman–Crippen LogP) is 4.56. The number of carbonyl (C=O) groups excluding carboxylic acids is 1. The number of fused-ring (bicyclic) bond motifs is 1. The molecule has 0 radical (unpaired) electrons. The summed E-state index contributed by atoms with van der Waals surface area (Å²) in [6.45, 7) is 3.82. The Balaban J connectivity index is 1.52. The van der Waals surface area contributed by atoms with E-state index in [4.69, 9.17) is 16.3 Å². The Hall–Kier alpha value is -3.10. The average molecular weight is 440 g/mol. The molecule has 7 nitrogen and oxygen atoms in total. The minimum absolute atomic E-state index is 0.110. The number of aromatic nitrogens is 4. The summed E-state index contributed by atoms with van der Waals surface area (Å²) < 4.78 is 7.23. The van der Waals surface area contributed by atoms with Crippen molar-refractivity contribution in [2.45, 2.75) is 23.8 Å². The maximum Gasteiger partial charge on any atom is 0.262 e. The highest BCUT2D eigenvalue weighted by Gasteiger charge is 2.15. The fourth-order valence-electron chi connectivity index (χ4n) is 2.75. The normalized spacial score (nSPS) is 10.9.